The van der Waals surface area contributed by atoms with E-state index in [9.17, 15) is 9.59 Å². The molecule has 1 amide bonds. The standard InChI is InChI=1S/C18H16N4O2/c1-13-4-6-14(7-5-13)12-22-17(23)9-8-16(21-22)18(24)20-15-3-2-10-19-11-15/h2-11H,12H2,1H3,(H,20,24). The van der Waals surface area contributed by atoms with Gasteiger partial charge in [-0.1, -0.05) is 29.8 Å². The van der Waals surface area contributed by atoms with E-state index in [0.29, 0.717) is 12.2 Å². The minimum absolute atomic E-state index is 0.172. The molecular formula is C18H16N4O2. The van der Waals surface area contributed by atoms with E-state index >= 15 is 0 Å². The summed E-state index contributed by atoms with van der Waals surface area (Å²) in [5.74, 6) is -0.388. The smallest absolute Gasteiger partial charge is 0.276 e. The third-order valence-electron chi connectivity index (χ3n) is 3.47. The van der Waals surface area contributed by atoms with E-state index < -0.39 is 0 Å². The van der Waals surface area contributed by atoms with Crippen molar-refractivity contribution in [3.63, 3.8) is 0 Å². The zero-order valence-corrected chi connectivity index (χ0v) is 13.1. The predicted octanol–water partition coefficient (Wildman–Crippen LogP) is 2.25. The highest BCUT2D eigenvalue weighted by molar-refractivity contribution is 6.02. The minimum atomic E-state index is -0.388. The van der Waals surface area contributed by atoms with Crippen molar-refractivity contribution >= 4 is 11.6 Å². The molecule has 0 radical (unpaired) electrons. The minimum Gasteiger partial charge on any atom is -0.319 e. The average Bonchev–Trinajstić information content (AvgIpc) is 2.59. The van der Waals surface area contributed by atoms with Crippen molar-refractivity contribution in [3.05, 3.63) is 88.1 Å². The van der Waals surface area contributed by atoms with Gasteiger partial charge in [-0.2, -0.15) is 5.10 Å². The molecular weight excluding hydrogens is 304 g/mol. The number of nitrogens with zero attached hydrogens (tertiary/aromatic N) is 3. The van der Waals surface area contributed by atoms with Crippen LogP contribution in [0.25, 0.3) is 0 Å². The molecule has 0 unspecified atom stereocenters. The Morgan fingerprint density at radius 1 is 1.12 bits per heavy atom. The van der Waals surface area contributed by atoms with Gasteiger partial charge in [0, 0.05) is 12.3 Å². The van der Waals surface area contributed by atoms with Crippen LogP contribution < -0.4 is 10.9 Å². The van der Waals surface area contributed by atoms with Crippen molar-refractivity contribution < 1.29 is 4.79 Å². The van der Waals surface area contributed by atoms with Crippen LogP contribution in [0.4, 0.5) is 5.69 Å². The van der Waals surface area contributed by atoms with Crippen LogP contribution in [0, 0.1) is 6.92 Å². The molecule has 1 aromatic carbocycles. The zero-order chi connectivity index (χ0) is 16.9. The molecule has 3 rings (SSSR count). The zero-order valence-electron chi connectivity index (χ0n) is 13.1. The number of nitrogens with one attached hydrogen (secondary N) is 1. The van der Waals surface area contributed by atoms with Crippen LogP contribution in [0.15, 0.2) is 65.7 Å². The number of pyridine rings is 1. The molecule has 2 aromatic heterocycles. The number of hydrogen-bond donors (Lipinski definition) is 1. The predicted molar refractivity (Wildman–Crippen MR) is 91.0 cm³/mol. The maximum Gasteiger partial charge on any atom is 0.276 e. The monoisotopic (exact) mass is 320 g/mol. The summed E-state index contributed by atoms with van der Waals surface area (Å²) in [7, 11) is 0. The van der Waals surface area contributed by atoms with Crippen molar-refractivity contribution in [2.45, 2.75) is 13.5 Å². The summed E-state index contributed by atoms with van der Waals surface area (Å²) in [6.07, 6.45) is 3.16. The lowest BCUT2D eigenvalue weighted by Crippen LogP contribution is -2.26. The fraction of sp³-hybridized carbons (Fsp3) is 0.111. The van der Waals surface area contributed by atoms with Gasteiger partial charge in [0.25, 0.3) is 11.5 Å². The number of amides is 1. The Hall–Kier alpha value is -3.28. The molecule has 0 aliphatic rings. The third kappa shape index (κ3) is 3.73. The molecule has 6 nitrogen and oxygen atoms in total. The number of carbonyl (C=O) groups is 1. The molecule has 0 saturated heterocycles. The Morgan fingerprint density at radius 2 is 1.92 bits per heavy atom. The van der Waals surface area contributed by atoms with Crippen LogP contribution in [0.1, 0.15) is 21.6 Å². The Kier molecular flexibility index (Phi) is 4.47. The van der Waals surface area contributed by atoms with Crippen molar-refractivity contribution in [1.82, 2.24) is 14.8 Å². The molecule has 0 aliphatic carbocycles. The molecule has 3 aromatic rings. The molecule has 1 N–H and O–H groups in total. The molecule has 120 valence electrons. The molecule has 6 heteroatoms. The number of carbonyl (C=O) groups excluding carboxylic acids is 1. The second-order valence-corrected chi connectivity index (χ2v) is 5.40. The molecule has 2 heterocycles. The van der Waals surface area contributed by atoms with Crippen molar-refractivity contribution in [2.24, 2.45) is 0 Å². The topological polar surface area (TPSA) is 76.9 Å². The number of benzene rings is 1. The fourth-order valence-corrected chi connectivity index (χ4v) is 2.18. The molecule has 0 fully saturated rings. The summed E-state index contributed by atoms with van der Waals surface area (Å²) in [6.45, 7) is 2.31. The van der Waals surface area contributed by atoms with Gasteiger partial charge >= 0.3 is 0 Å². The van der Waals surface area contributed by atoms with Gasteiger partial charge in [0.1, 0.15) is 5.69 Å². The summed E-state index contributed by atoms with van der Waals surface area (Å²) in [6, 6.07) is 14.0. The first kappa shape index (κ1) is 15.6. The largest absolute Gasteiger partial charge is 0.319 e. The highest BCUT2D eigenvalue weighted by Gasteiger charge is 2.10. The molecule has 0 atom stereocenters. The average molecular weight is 320 g/mol. The van der Waals surface area contributed by atoms with E-state index in [1.54, 1.807) is 24.5 Å². The molecule has 0 bridgehead atoms. The van der Waals surface area contributed by atoms with Crippen LogP contribution in [-0.2, 0) is 6.54 Å². The van der Waals surface area contributed by atoms with E-state index in [1.807, 2.05) is 31.2 Å². The van der Waals surface area contributed by atoms with Gasteiger partial charge in [-0.3, -0.25) is 14.6 Å². The Bertz CT molecular complexity index is 902. The molecule has 0 saturated carbocycles. The number of rotatable bonds is 4. The summed E-state index contributed by atoms with van der Waals surface area (Å²) >= 11 is 0. The molecule has 24 heavy (non-hydrogen) atoms. The summed E-state index contributed by atoms with van der Waals surface area (Å²) < 4.78 is 1.28. The number of hydrogen-bond acceptors (Lipinski definition) is 4. The SMILES string of the molecule is Cc1ccc(Cn2nc(C(=O)Nc3cccnc3)ccc2=O)cc1. The highest BCUT2D eigenvalue weighted by Crippen LogP contribution is 2.06. The van der Waals surface area contributed by atoms with E-state index in [1.165, 1.54) is 16.8 Å². The fourth-order valence-electron chi connectivity index (χ4n) is 2.18. The van der Waals surface area contributed by atoms with Gasteiger partial charge in [0.2, 0.25) is 0 Å². The van der Waals surface area contributed by atoms with E-state index in [2.05, 4.69) is 15.4 Å². The van der Waals surface area contributed by atoms with Gasteiger partial charge in [-0.25, -0.2) is 4.68 Å². The first-order valence-electron chi connectivity index (χ1n) is 7.47. The maximum absolute atomic E-state index is 12.3. The van der Waals surface area contributed by atoms with Crippen LogP contribution in [-0.4, -0.2) is 20.7 Å². The van der Waals surface area contributed by atoms with Gasteiger partial charge in [-0.05, 0) is 30.7 Å². The van der Waals surface area contributed by atoms with Gasteiger partial charge in [0.05, 0.1) is 18.4 Å². The highest BCUT2D eigenvalue weighted by atomic mass is 16.2. The lowest BCUT2D eigenvalue weighted by molar-refractivity contribution is 0.102. The van der Waals surface area contributed by atoms with E-state index in [0.717, 1.165) is 11.1 Å². The quantitative estimate of drug-likeness (QED) is 0.800. The normalized spacial score (nSPS) is 10.4. The van der Waals surface area contributed by atoms with Crippen molar-refractivity contribution in [3.8, 4) is 0 Å². The molecule has 0 aliphatic heterocycles. The number of aromatic nitrogens is 3. The van der Waals surface area contributed by atoms with E-state index in [4.69, 9.17) is 0 Å². The molecule has 0 spiro atoms. The van der Waals surface area contributed by atoms with Crippen LogP contribution in [0.5, 0.6) is 0 Å². The van der Waals surface area contributed by atoms with Gasteiger partial charge in [-0.15, -0.1) is 0 Å². The summed E-state index contributed by atoms with van der Waals surface area (Å²) in [4.78, 5) is 28.2. The Labute approximate surface area is 138 Å². The second kappa shape index (κ2) is 6.87. The van der Waals surface area contributed by atoms with Crippen LogP contribution >= 0.6 is 0 Å². The maximum atomic E-state index is 12.3. The lowest BCUT2D eigenvalue weighted by Gasteiger charge is -2.08. The first-order chi connectivity index (χ1) is 11.6. The third-order valence-corrected chi connectivity index (χ3v) is 3.47. The van der Waals surface area contributed by atoms with Crippen molar-refractivity contribution in [1.29, 1.82) is 0 Å². The van der Waals surface area contributed by atoms with Gasteiger partial charge in [0.15, 0.2) is 0 Å². The van der Waals surface area contributed by atoms with Crippen LogP contribution in [0.3, 0.4) is 0 Å². The van der Waals surface area contributed by atoms with Crippen LogP contribution in [0.2, 0.25) is 0 Å². The number of aryl methyl sites for hydroxylation is 1. The lowest BCUT2D eigenvalue weighted by atomic mass is 10.1. The van der Waals surface area contributed by atoms with Crippen molar-refractivity contribution in [2.75, 3.05) is 5.32 Å². The first-order valence-corrected chi connectivity index (χ1v) is 7.47. The Balaban J connectivity index is 1.81. The van der Waals surface area contributed by atoms with Gasteiger partial charge < -0.3 is 5.32 Å². The Morgan fingerprint density at radius 3 is 2.62 bits per heavy atom. The number of anilines is 1. The van der Waals surface area contributed by atoms with E-state index in [-0.39, 0.29) is 17.2 Å². The second-order valence-electron chi connectivity index (χ2n) is 5.40. The summed E-state index contributed by atoms with van der Waals surface area (Å²) in [5.41, 5.74) is 2.57. The summed E-state index contributed by atoms with van der Waals surface area (Å²) in [5, 5.41) is 6.85.